The molecular weight excluding hydrogens is 313 g/mol. The molecule has 3 rings (SSSR count). The number of benzene rings is 1. The predicted molar refractivity (Wildman–Crippen MR) is 86.9 cm³/mol. The van der Waals surface area contributed by atoms with E-state index < -0.39 is 17.3 Å². The zero-order chi connectivity index (χ0) is 17.5. The number of hydrogen-bond acceptors (Lipinski definition) is 4. The van der Waals surface area contributed by atoms with Gasteiger partial charge in [0.1, 0.15) is 17.5 Å². The number of rotatable bonds is 2. The number of hydrogen-bond donors (Lipinski definition) is 1. The largest absolute Gasteiger partial charge is 0.283 e. The van der Waals surface area contributed by atoms with Crippen LogP contribution < -0.4 is 11.0 Å². The fraction of sp³-hybridized carbons (Fsp3) is 0.250. The SMILES string of the molecule is CC(C)(C)n1ncc2c(=O)n(NC(=O)c3ccccc3F)cnc21. The van der Waals surface area contributed by atoms with E-state index in [0.29, 0.717) is 5.65 Å². The molecule has 0 radical (unpaired) electrons. The van der Waals surface area contributed by atoms with E-state index in [0.717, 1.165) is 4.68 Å². The summed E-state index contributed by atoms with van der Waals surface area (Å²) in [5.74, 6) is -1.41. The molecule has 1 aromatic carbocycles. The highest BCUT2D eigenvalue weighted by Gasteiger charge is 2.20. The number of nitrogens with zero attached hydrogens (tertiary/aromatic N) is 4. The van der Waals surface area contributed by atoms with E-state index in [-0.39, 0.29) is 16.5 Å². The lowest BCUT2D eigenvalue weighted by molar-refractivity contribution is 0.100. The first-order valence-electron chi connectivity index (χ1n) is 7.31. The van der Waals surface area contributed by atoms with Gasteiger partial charge in [0.25, 0.3) is 11.5 Å². The molecule has 7 nitrogen and oxygen atoms in total. The van der Waals surface area contributed by atoms with Gasteiger partial charge < -0.3 is 0 Å². The van der Waals surface area contributed by atoms with Crippen LogP contribution in [-0.4, -0.2) is 25.3 Å². The number of nitrogens with one attached hydrogen (secondary N) is 1. The lowest BCUT2D eigenvalue weighted by Crippen LogP contribution is -2.34. The van der Waals surface area contributed by atoms with Gasteiger partial charge in [-0.05, 0) is 32.9 Å². The Balaban J connectivity index is 2.00. The van der Waals surface area contributed by atoms with Crippen molar-refractivity contribution in [3.63, 3.8) is 0 Å². The van der Waals surface area contributed by atoms with E-state index >= 15 is 0 Å². The summed E-state index contributed by atoms with van der Waals surface area (Å²) in [4.78, 5) is 28.8. The average Bonchev–Trinajstić information content (AvgIpc) is 2.95. The molecular formula is C16H16FN5O2. The van der Waals surface area contributed by atoms with Crippen molar-refractivity contribution in [1.82, 2.24) is 19.4 Å². The first-order chi connectivity index (χ1) is 11.3. The van der Waals surface area contributed by atoms with Crippen molar-refractivity contribution in [3.05, 3.63) is 58.5 Å². The first-order valence-corrected chi connectivity index (χ1v) is 7.31. The van der Waals surface area contributed by atoms with E-state index in [1.54, 1.807) is 4.68 Å². The van der Waals surface area contributed by atoms with Crippen molar-refractivity contribution < 1.29 is 9.18 Å². The lowest BCUT2D eigenvalue weighted by atomic mass is 10.1. The average molecular weight is 329 g/mol. The van der Waals surface area contributed by atoms with Crippen LogP contribution in [0.15, 0.2) is 41.6 Å². The van der Waals surface area contributed by atoms with Gasteiger partial charge in [-0.2, -0.15) is 5.10 Å². The second-order valence-corrected chi connectivity index (χ2v) is 6.30. The van der Waals surface area contributed by atoms with E-state index in [4.69, 9.17) is 0 Å². The summed E-state index contributed by atoms with van der Waals surface area (Å²) in [5, 5.41) is 4.45. The summed E-state index contributed by atoms with van der Waals surface area (Å²) < 4.78 is 16.2. The number of amides is 1. The maximum absolute atomic E-state index is 13.7. The highest BCUT2D eigenvalue weighted by molar-refractivity contribution is 6.00. The van der Waals surface area contributed by atoms with E-state index in [1.165, 1.54) is 36.8 Å². The van der Waals surface area contributed by atoms with Gasteiger partial charge in [-0.1, -0.05) is 12.1 Å². The molecule has 124 valence electrons. The summed E-state index contributed by atoms with van der Waals surface area (Å²) in [5.41, 5.74) is 1.77. The Morgan fingerprint density at radius 3 is 2.62 bits per heavy atom. The Bertz CT molecular complexity index is 984. The number of carbonyl (C=O) groups is 1. The van der Waals surface area contributed by atoms with E-state index in [2.05, 4.69) is 15.5 Å². The van der Waals surface area contributed by atoms with Crippen LogP contribution in [0, 0.1) is 5.82 Å². The van der Waals surface area contributed by atoms with Gasteiger partial charge >= 0.3 is 0 Å². The summed E-state index contributed by atoms with van der Waals surface area (Å²) in [6.07, 6.45) is 2.59. The molecule has 2 heterocycles. The molecule has 3 aromatic rings. The molecule has 0 fully saturated rings. The maximum atomic E-state index is 13.7. The smallest absolute Gasteiger partial charge is 0.267 e. The topological polar surface area (TPSA) is 81.8 Å². The Kier molecular flexibility index (Phi) is 3.67. The minimum Gasteiger partial charge on any atom is -0.267 e. The minimum absolute atomic E-state index is 0.158. The van der Waals surface area contributed by atoms with Gasteiger partial charge in [-0.25, -0.2) is 18.7 Å². The molecule has 0 saturated heterocycles. The molecule has 0 aliphatic carbocycles. The van der Waals surface area contributed by atoms with E-state index in [1.807, 2.05) is 20.8 Å². The van der Waals surface area contributed by atoms with Crippen LogP contribution >= 0.6 is 0 Å². The van der Waals surface area contributed by atoms with Crippen LogP contribution in [0.2, 0.25) is 0 Å². The van der Waals surface area contributed by atoms with Crippen molar-refractivity contribution in [1.29, 1.82) is 0 Å². The third-order valence-corrected chi connectivity index (χ3v) is 3.46. The summed E-state index contributed by atoms with van der Waals surface area (Å²) >= 11 is 0. The Morgan fingerprint density at radius 2 is 1.96 bits per heavy atom. The molecule has 0 saturated carbocycles. The van der Waals surface area contributed by atoms with E-state index in [9.17, 15) is 14.0 Å². The van der Waals surface area contributed by atoms with Crippen LogP contribution in [0.4, 0.5) is 4.39 Å². The fourth-order valence-corrected chi connectivity index (χ4v) is 2.30. The molecule has 0 atom stereocenters. The predicted octanol–water partition coefficient (Wildman–Crippen LogP) is 1.87. The van der Waals surface area contributed by atoms with Crippen LogP contribution in [0.5, 0.6) is 0 Å². The maximum Gasteiger partial charge on any atom is 0.283 e. The quantitative estimate of drug-likeness (QED) is 0.778. The molecule has 0 spiro atoms. The van der Waals surface area contributed by atoms with Crippen LogP contribution in [0.3, 0.4) is 0 Å². The molecule has 0 unspecified atom stereocenters. The summed E-state index contributed by atoms with van der Waals surface area (Å²) in [6, 6.07) is 5.52. The number of carbonyl (C=O) groups excluding carboxylic acids is 1. The zero-order valence-corrected chi connectivity index (χ0v) is 13.4. The molecule has 1 amide bonds. The second kappa shape index (κ2) is 5.55. The summed E-state index contributed by atoms with van der Waals surface area (Å²) in [7, 11) is 0. The Hall–Kier alpha value is -3.03. The highest BCUT2D eigenvalue weighted by Crippen LogP contribution is 2.17. The molecule has 0 bridgehead atoms. The van der Waals surface area contributed by atoms with Gasteiger partial charge in [0.05, 0.1) is 17.3 Å². The molecule has 0 aliphatic rings. The second-order valence-electron chi connectivity index (χ2n) is 6.30. The van der Waals surface area contributed by atoms with Gasteiger partial charge in [0.15, 0.2) is 5.65 Å². The molecule has 0 aliphatic heterocycles. The van der Waals surface area contributed by atoms with Crippen LogP contribution in [0.25, 0.3) is 11.0 Å². The van der Waals surface area contributed by atoms with Crippen molar-refractivity contribution >= 4 is 16.9 Å². The fourth-order valence-electron chi connectivity index (χ4n) is 2.30. The van der Waals surface area contributed by atoms with Gasteiger partial charge in [-0.3, -0.25) is 15.0 Å². The van der Waals surface area contributed by atoms with Crippen molar-refractivity contribution in [2.24, 2.45) is 0 Å². The van der Waals surface area contributed by atoms with Crippen LogP contribution in [-0.2, 0) is 5.54 Å². The highest BCUT2D eigenvalue weighted by atomic mass is 19.1. The van der Waals surface area contributed by atoms with Crippen molar-refractivity contribution in [2.75, 3.05) is 5.43 Å². The molecule has 8 heteroatoms. The number of aromatic nitrogens is 4. The lowest BCUT2D eigenvalue weighted by Gasteiger charge is -2.19. The summed E-state index contributed by atoms with van der Waals surface area (Å²) in [6.45, 7) is 5.81. The normalized spacial score (nSPS) is 11.7. The first kappa shape index (κ1) is 15.9. The van der Waals surface area contributed by atoms with Crippen molar-refractivity contribution in [2.45, 2.75) is 26.3 Å². The number of halogens is 1. The Labute approximate surface area is 136 Å². The monoisotopic (exact) mass is 329 g/mol. The standard InChI is InChI=1S/C16H16FN5O2/c1-16(2,3)22-13-11(8-19-22)15(24)21(9-18-13)20-14(23)10-6-4-5-7-12(10)17/h4-9H,1-3H3,(H,20,23). The Morgan fingerprint density at radius 1 is 1.25 bits per heavy atom. The third kappa shape index (κ3) is 2.66. The van der Waals surface area contributed by atoms with Crippen LogP contribution in [0.1, 0.15) is 31.1 Å². The zero-order valence-electron chi connectivity index (χ0n) is 13.4. The van der Waals surface area contributed by atoms with Gasteiger partial charge in [-0.15, -0.1) is 0 Å². The number of fused-ring (bicyclic) bond motifs is 1. The molecule has 24 heavy (non-hydrogen) atoms. The van der Waals surface area contributed by atoms with Crippen molar-refractivity contribution in [3.8, 4) is 0 Å². The third-order valence-electron chi connectivity index (χ3n) is 3.46. The molecule has 1 N–H and O–H groups in total. The van der Waals surface area contributed by atoms with Gasteiger partial charge in [0.2, 0.25) is 0 Å². The minimum atomic E-state index is -0.737. The van der Waals surface area contributed by atoms with Gasteiger partial charge in [0, 0.05) is 0 Å². The molecule has 2 aromatic heterocycles.